The molecule has 8 heteroatoms. The molecule has 0 saturated carbocycles. The number of hydrogen-bond donors (Lipinski definition) is 1. The van der Waals surface area contributed by atoms with Crippen LogP contribution in [0.25, 0.3) is 0 Å². The monoisotopic (exact) mass is 436 g/mol. The van der Waals surface area contributed by atoms with Gasteiger partial charge in [0, 0.05) is 20.4 Å². The first-order valence-electron chi connectivity index (χ1n) is 6.05. The maximum absolute atomic E-state index is 12.4. The number of sulfonamides is 1. The molecule has 2 aromatic rings. The molecule has 0 unspecified atom stereocenters. The van der Waals surface area contributed by atoms with Crippen molar-refractivity contribution >= 4 is 47.8 Å². The Morgan fingerprint density at radius 2 is 1.86 bits per heavy atom. The zero-order valence-corrected chi connectivity index (χ0v) is 15.6. The van der Waals surface area contributed by atoms with Gasteiger partial charge in [-0.25, -0.2) is 13.1 Å². The molecule has 0 aliphatic carbocycles. The van der Waals surface area contributed by atoms with Gasteiger partial charge < -0.3 is 4.52 Å². The number of hydrogen-bond acceptors (Lipinski definition) is 4. The SMILES string of the molecule is CC(C)(C)c1cc(NS(=O)(=O)c2cc(Br)ccc2Br)on1. The van der Waals surface area contributed by atoms with Gasteiger partial charge in [0.25, 0.3) is 10.0 Å². The fourth-order valence-electron chi connectivity index (χ4n) is 1.55. The zero-order valence-electron chi connectivity index (χ0n) is 11.6. The first-order valence-corrected chi connectivity index (χ1v) is 9.11. The van der Waals surface area contributed by atoms with Crippen LogP contribution in [0.4, 0.5) is 5.88 Å². The van der Waals surface area contributed by atoms with Crippen molar-refractivity contribution in [2.75, 3.05) is 4.72 Å². The lowest BCUT2D eigenvalue weighted by Crippen LogP contribution is -2.13. The molecule has 0 aliphatic rings. The molecule has 0 bridgehead atoms. The van der Waals surface area contributed by atoms with Crippen LogP contribution in [-0.2, 0) is 15.4 Å². The van der Waals surface area contributed by atoms with E-state index in [1.54, 1.807) is 18.2 Å². The third-order valence-corrected chi connectivity index (χ3v) is 5.53. The van der Waals surface area contributed by atoms with E-state index in [0.717, 1.165) is 0 Å². The lowest BCUT2D eigenvalue weighted by atomic mass is 9.92. The summed E-state index contributed by atoms with van der Waals surface area (Å²) in [5.41, 5.74) is 0.456. The molecule has 0 aliphatic heterocycles. The van der Waals surface area contributed by atoms with Crippen LogP contribution < -0.4 is 4.72 Å². The number of nitrogens with zero attached hydrogens (tertiary/aromatic N) is 1. The van der Waals surface area contributed by atoms with E-state index >= 15 is 0 Å². The van der Waals surface area contributed by atoms with Crippen LogP contribution in [-0.4, -0.2) is 13.6 Å². The lowest BCUT2D eigenvalue weighted by Gasteiger charge is -2.12. The molecule has 0 saturated heterocycles. The van der Waals surface area contributed by atoms with Gasteiger partial charge >= 0.3 is 0 Å². The number of rotatable bonds is 3. The lowest BCUT2D eigenvalue weighted by molar-refractivity contribution is 0.405. The maximum Gasteiger partial charge on any atom is 0.265 e. The molecule has 0 atom stereocenters. The fourth-order valence-corrected chi connectivity index (χ4v) is 4.02. The molecule has 21 heavy (non-hydrogen) atoms. The van der Waals surface area contributed by atoms with Crippen molar-refractivity contribution in [2.45, 2.75) is 31.1 Å². The van der Waals surface area contributed by atoms with E-state index in [4.69, 9.17) is 4.52 Å². The van der Waals surface area contributed by atoms with Gasteiger partial charge in [-0.1, -0.05) is 41.9 Å². The average Bonchev–Trinajstić information content (AvgIpc) is 2.79. The number of anilines is 1. The minimum atomic E-state index is -3.76. The molecule has 1 heterocycles. The normalized spacial score (nSPS) is 12.4. The predicted octanol–water partition coefficient (Wildman–Crippen LogP) is 4.30. The summed E-state index contributed by atoms with van der Waals surface area (Å²) in [6.07, 6.45) is 0. The molecule has 0 amide bonds. The van der Waals surface area contributed by atoms with Gasteiger partial charge in [0.2, 0.25) is 5.88 Å². The summed E-state index contributed by atoms with van der Waals surface area (Å²) in [4.78, 5) is 0.116. The molecule has 5 nitrogen and oxygen atoms in total. The van der Waals surface area contributed by atoms with Crippen LogP contribution in [0.3, 0.4) is 0 Å². The topological polar surface area (TPSA) is 72.2 Å². The van der Waals surface area contributed by atoms with Gasteiger partial charge in [0.05, 0.1) is 5.69 Å². The molecule has 0 radical (unpaired) electrons. The van der Waals surface area contributed by atoms with Gasteiger partial charge in [0.15, 0.2) is 0 Å². The summed E-state index contributed by atoms with van der Waals surface area (Å²) in [5, 5.41) is 3.88. The van der Waals surface area contributed by atoms with E-state index in [0.29, 0.717) is 14.6 Å². The fraction of sp³-hybridized carbons (Fsp3) is 0.308. The van der Waals surface area contributed by atoms with Crippen molar-refractivity contribution in [3.8, 4) is 0 Å². The molecular weight excluding hydrogens is 424 g/mol. The summed E-state index contributed by atoms with van der Waals surface area (Å²) in [7, 11) is -3.76. The van der Waals surface area contributed by atoms with Crippen molar-refractivity contribution in [3.05, 3.63) is 38.9 Å². The van der Waals surface area contributed by atoms with E-state index in [-0.39, 0.29) is 16.2 Å². The second-order valence-electron chi connectivity index (χ2n) is 5.51. The molecule has 1 aromatic carbocycles. The largest absolute Gasteiger partial charge is 0.338 e. The summed E-state index contributed by atoms with van der Waals surface area (Å²) < 4.78 is 33.3. The molecule has 1 N–H and O–H groups in total. The Morgan fingerprint density at radius 1 is 1.19 bits per heavy atom. The summed E-state index contributed by atoms with van der Waals surface area (Å²) in [6.45, 7) is 5.90. The van der Waals surface area contributed by atoms with Crippen LogP contribution in [0.2, 0.25) is 0 Å². The quantitative estimate of drug-likeness (QED) is 0.776. The third kappa shape index (κ3) is 3.87. The van der Waals surface area contributed by atoms with E-state index in [1.165, 1.54) is 6.07 Å². The van der Waals surface area contributed by atoms with Gasteiger partial charge in [-0.05, 0) is 34.1 Å². The standard InChI is InChI=1S/C13H14Br2N2O3S/c1-13(2,3)11-7-12(20-16-11)17-21(18,19)10-6-8(14)4-5-9(10)15/h4-7,17H,1-3H3. The van der Waals surface area contributed by atoms with E-state index < -0.39 is 10.0 Å². The van der Waals surface area contributed by atoms with Crippen LogP contribution in [0, 0.1) is 0 Å². The Balaban J connectivity index is 2.34. The highest BCUT2D eigenvalue weighted by Gasteiger charge is 2.23. The summed E-state index contributed by atoms with van der Waals surface area (Å²) in [6, 6.07) is 6.49. The molecule has 2 rings (SSSR count). The maximum atomic E-state index is 12.4. The van der Waals surface area contributed by atoms with Gasteiger partial charge in [-0.2, -0.15) is 0 Å². The number of benzene rings is 1. The molecule has 0 fully saturated rings. The number of halogens is 2. The Hall–Kier alpha value is -0.860. The van der Waals surface area contributed by atoms with Crippen LogP contribution >= 0.6 is 31.9 Å². The first-order chi connectivity index (χ1) is 9.59. The van der Waals surface area contributed by atoms with Crippen molar-refractivity contribution in [3.63, 3.8) is 0 Å². The highest BCUT2D eigenvalue weighted by molar-refractivity contribution is 9.11. The third-order valence-electron chi connectivity index (χ3n) is 2.70. The first kappa shape index (κ1) is 16.5. The van der Waals surface area contributed by atoms with Crippen LogP contribution in [0.5, 0.6) is 0 Å². The van der Waals surface area contributed by atoms with Crippen molar-refractivity contribution in [2.24, 2.45) is 0 Å². The number of nitrogens with one attached hydrogen (secondary N) is 1. The minimum absolute atomic E-state index is 0.0896. The zero-order chi connectivity index (χ0) is 15.8. The highest BCUT2D eigenvalue weighted by Crippen LogP contribution is 2.29. The Kier molecular flexibility index (Phi) is 4.51. The molecule has 114 valence electrons. The summed E-state index contributed by atoms with van der Waals surface area (Å²) in [5.74, 6) is 0.0896. The van der Waals surface area contributed by atoms with Gasteiger partial charge in [0.1, 0.15) is 4.90 Å². The van der Waals surface area contributed by atoms with Crippen molar-refractivity contribution in [1.29, 1.82) is 0 Å². The predicted molar refractivity (Wildman–Crippen MR) is 87.9 cm³/mol. The summed E-state index contributed by atoms with van der Waals surface area (Å²) >= 11 is 6.49. The second kappa shape index (κ2) is 5.73. The van der Waals surface area contributed by atoms with Crippen molar-refractivity contribution in [1.82, 2.24) is 5.16 Å². The van der Waals surface area contributed by atoms with E-state index in [2.05, 4.69) is 41.7 Å². The Morgan fingerprint density at radius 3 is 2.43 bits per heavy atom. The minimum Gasteiger partial charge on any atom is -0.338 e. The molecular formula is C13H14Br2N2O3S. The van der Waals surface area contributed by atoms with Gasteiger partial charge in [-0.15, -0.1) is 0 Å². The van der Waals surface area contributed by atoms with Crippen LogP contribution in [0.1, 0.15) is 26.5 Å². The molecule has 1 aromatic heterocycles. The smallest absolute Gasteiger partial charge is 0.265 e. The van der Waals surface area contributed by atoms with Crippen molar-refractivity contribution < 1.29 is 12.9 Å². The number of aromatic nitrogens is 1. The van der Waals surface area contributed by atoms with E-state index in [1.807, 2.05) is 20.8 Å². The van der Waals surface area contributed by atoms with Crippen LogP contribution in [0.15, 0.2) is 42.6 Å². The Labute approximate surface area is 140 Å². The molecule has 0 spiro atoms. The Bertz CT molecular complexity index is 764. The average molecular weight is 438 g/mol. The van der Waals surface area contributed by atoms with E-state index in [9.17, 15) is 8.42 Å². The van der Waals surface area contributed by atoms with Gasteiger partial charge in [-0.3, -0.25) is 0 Å². The second-order valence-corrected chi connectivity index (χ2v) is 8.93. The highest BCUT2D eigenvalue weighted by atomic mass is 79.9.